The minimum Gasteiger partial charge on any atom is -0.310 e. The lowest BCUT2D eigenvalue weighted by atomic mass is 9.74. The van der Waals surface area contributed by atoms with Crippen LogP contribution in [0.15, 0.2) is 236 Å². The van der Waals surface area contributed by atoms with E-state index in [0.29, 0.717) is 11.8 Å². The van der Waals surface area contributed by atoms with Crippen molar-refractivity contribution in [1.82, 2.24) is 0 Å². The maximum atomic E-state index is 2.65. The summed E-state index contributed by atoms with van der Waals surface area (Å²) >= 11 is 0. The second-order valence-electron chi connectivity index (χ2n) is 24.7. The Morgan fingerprint density at radius 3 is 1.12 bits per heavy atom. The Labute approximate surface area is 494 Å². The monoisotopic (exact) mass is 1080 g/mol. The van der Waals surface area contributed by atoms with Gasteiger partial charge in [0.05, 0.1) is 0 Å². The summed E-state index contributed by atoms with van der Waals surface area (Å²) in [6, 6.07) is 84.5. The molecule has 0 aromatic heterocycles. The van der Waals surface area contributed by atoms with Crippen LogP contribution in [0.4, 0.5) is 34.1 Å². The predicted octanol–water partition coefficient (Wildman–Crippen LogP) is 24.2. The standard InChI is InChI=1S/C82H70N2/c1-3-16-54-27-31-60-47-64(35-41-70(60)53(54)2)83(65-36-42-74-61(48-65)32-28-55-17-10-13-24-71(55)74)68-39-45-77-79(51-68)82(59-22-8-5-9-23-59)80-52-69(40-46-78(80)81(77)58-20-6-4-7-21-58)84(66-37-43-75-62(49-66)33-29-56-18-11-14-25-72(56)75)67-38-44-76-63(50-67)34-30-57-19-12-15-26-73(57)76/h3,10-19,24-26,28-30,32-52,58-59H,4-9,20-23,27,31H2,1-2H3/b16-3-. The number of fused-ring (bicyclic) bond motifs is 12. The van der Waals surface area contributed by atoms with Gasteiger partial charge in [0, 0.05) is 34.1 Å². The van der Waals surface area contributed by atoms with E-state index in [9.17, 15) is 0 Å². The molecule has 0 aliphatic heterocycles. The number of aryl methyl sites for hydroxylation is 1. The third-order valence-electron chi connectivity index (χ3n) is 19.9. The maximum absolute atomic E-state index is 2.65. The van der Waals surface area contributed by atoms with Crippen molar-refractivity contribution in [1.29, 1.82) is 0 Å². The van der Waals surface area contributed by atoms with Crippen molar-refractivity contribution in [3.05, 3.63) is 258 Å². The summed E-state index contributed by atoms with van der Waals surface area (Å²) in [5.41, 5.74) is 15.9. The van der Waals surface area contributed by atoms with Crippen LogP contribution in [-0.4, -0.2) is 0 Å². The molecule has 0 radical (unpaired) electrons. The second-order valence-corrected chi connectivity index (χ2v) is 24.7. The van der Waals surface area contributed by atoms with Crippen LogP contribution in [0.25, 0.3) is 91.8 Å². The fraction of sp³-hybridized carbons (Fsp3) is 0.195. The van der Waals surface area contributed by atoms with Gasteiger partial charge in [-0.2, -0.15) is 0 Å². The molecule has 16 rings (SSSR count). The third-order valence-corrected chi connectivity index (χ3v) is 19.9. The molecule has 2 nitrogen and oxygen atoms in total. The molecular weight excluding hydrogens is 1010 g/mol. The number of allylic oxidation sites excluding steroid dienone is 4. The molecule has 13 aromatic carbocycles. The predicted molar refractivity (Wildman–Crippen MR) is 363 cm³/mol. The zero-order chi connectivity index (χ0) is 55.8. The molecule has 2 saturated carbocycles. The van der Waals surface area contributed by atoms with Gasteiger partial charge in [0.2, 0.25) is 0 Å². The van der Waals surface area contributed by atoms with Crippen LogP contribution in [0, 0.1) is 0 Å². The lowest BCUT2D eigenvalue weighted by Gasteiger charge is -2.33. The Kier molecular flexibility index (Phi) is 12.7. The number of benzene rings is 13. The van der Waals surface area contributed by atoms with Gasteiger partial charge in [-0.1, -0.05) is 196 Å². The summed E-state index contributed by atoms with van der Waals surface area (Å²) in [5.74, 6) is 0.941. The van der Waals surface area contributed by atoms with E-state index >= 15 is 0 Å². The molecule has 0 spiro atoms. The van der Waals surface area contributed by atoms with Gasteiger partial charge in [0.1, 0.15) is 0 Å². The van der Waals surface area contributed by atoms with Crippen molar-refractivity contribution < 1.29 is 0 Å². The first-order chi connectivity index (χ1) is 41.5. The van der Waals surface area contributed by atoms with Gasteiger partial charge in [-0.3, -0.25) is 0 Å². The summed E-state index contributed by atoms with van der Waals surface area (Å²) in [4.78, 5) is 5.15. The largest absolute Gasteiger partial charge is 0.310 e. The minimum atomic E-state index is 0.443. The first-order valence-corrected chi connectivity index (χ1v) is 31.4. The summed E-state index contributed by atoms with van der Waals surface area (Å²) in [5, 5.41) is 21.1. The first kappa shape index (κ1) is 50.7. The molecule has 2 fully saturated rings. The lowest BCUT2D eigenvalue weighted by Crippen LogP contribution is -2.14. The van der Waals surface area contributed by atoms with Crippen molar-refractivity contribution >= 4 is 126 Å². The smallest absolute Gasteiger partial charge is 0.0468 e. The van der Waals surface area contributed by atoms with Crippen molar-refractivity contribution in [2.24, 2.45) is 0 Å². The Morgan fingerprint density at radius 1 is 0.321 bits per heavy atom. The molecule has 3 aliphatic carbocycles. The van der Waals surface area contributed by atoms with Gasteiger partial charge in [0.25, 0.3) is 0 Å². The molecule has 0 N–H and O–H groups in total. The van der Waals surface area contributed by atoms with E-state index in [1.807, 2.05) is 0 Å². The SMILES string of the molecule is C/C=C\C1=C(C)c2ccc(N(c3ccc4c(ccc5ccccc54)c3)c3ccc4c(C5CCCCC5)c5ccc(N(c6ccc7c(ccc8ccccc87)c6)c6ccc7c(ccc8ccccc87)c6)cc5c(C5CCCCC5)c4c3)cc2CC1. The number of hydrogen-bond donors (Lipinski definition) is 0. The zero-order valence-electron chi connectivity index (χ0n) is 48.5. The van der Waals surface area contributed by atoms with Crippen molar-refractivity contribution in [3.63, 3.8) is 0 Å². The number of hydrogen-bond acceptors (Lipinski definition) is 2. The van der Waals surface area contributed by atoms with Crippen molar-refractivity contribution in [3.8, 4) is 0 Å². The highest BCUT2D eigenvalue weighted by molar-refractivity contribution is 6.13. The summed E-state index contributed by atoms with van der Waals surface area (Å²) in [6.07, 6.45) is 19.2. The van der Waals surface area contributed by atoms with Crippen LogP contribution >= 0.6 is 0 Å². The minimum absolute atomic E-state index is 0.443. The van der Waals surface area contributed by atoms with E-state index in [1.165, 1.54) is 207 Å². The van der Waals surface area contributed by atoms with Gasteiger partial charge in [-0.15, -0.1) is 0 Å². The van der Waals surface area contributed by atoms with Crippen LogP contribution in [0.1, 0.15) is 119 Å². The van der Waals surface area contributed by atoms with Gasteiger partial charge >= 0.3 is 0 Å². The maximum Gasteiger partial charge on any atom is 0.0468 e. The van der Waals surface area contributed by atoms with Crippen LogP contribution in [-0.2, 0) is 6.42 Å². The quantitative estimate of drug-likeness (QED) is 0.105. The van der Waals surface area contributed by atoms with E-state index < -0.39 is 0 Å². The average Bonchev–Trinajstić information content (AvgIpc) is 1.15. The average molecular weight is 1080 g/mol. The van der Waals surface area contributed by atoms with E-state index in [1.54, 1.807) is 11.1 Å². The van der Waals surface area contributed by atoms with Crippen LogP contribution in [0.5, 0.6) is 0 Å². The fourth-order valence-electron chi connectivity index (χ4n) is 15.9. The molecule has 0 heterocycles. The molecule has 3 aliphatic rings. The lowest BCUT2D eigenvalue weighted by molar-refractivity contribution is 0.445. The molecule has 0 atom stereocenters. The van der Waals surface area contributed by atoms with Gasteiger partial charge in [0.15, 0.2) is 0 Å². The second kappa shape index (κ2) is 21.0. The zero-order valence-corrected chi connectivity index (χ0v) is 48.5. The molecule has 84 heavy (non-hydrogen) atoms. The van der Waals surface area contributed by atoms with E-state index in [2.05, 4.69) is 254 Å². The first-order valence-electron chi connectivity index (χ1n) is 31.4. The van der Waals surface area contributed by atoms with Crippen molar-refractivity contribution in [2.45, 2.75) is 103 Å². The van der Waals surface area contributed by atoms with E-state index in [-0.39, 0.29) is 0 Å². The van der Waals surface area contributed by atoms with Gasteiger partial charge < -0.3 is 9.80 Å². The Hall–Kier alpha value is -8.98. The molecule has 2 heteroatoms. The van der Waals surface area contributed by atoms with Gasteiger partial charge in [-0.25, -0.2) is 0 Å². The van der Waals surface area contributed by atoms with E-state index in [4.69, 9.17) is 0 Å². The Morgan fingerprint density at radius 2 is 0.679 bits per heavy atom. The highest BCUT2D eigenvalue weighted by Gasteiger charge is 2.29. The molecule has 13 aromatic rings. The van der Waals surface area contributed by atoms with Crippen molar-refractivity contribution in [2.75, 3.05) is 9.80 Å². The molecule has 0 unspecified atom stereocenters. The number of nitrogens with zero attached hydrogens (tertiary/aromatic N) is 2. The Bertz CT molecular complexity index is 4730. The van der Waals surface area contributed by atoms with Gasteiger partial charge in [-0.05, 0) is 257 Å². The highest BCUT2D eigenvalue weighted by Crippen LogP contribution is 2.51. The van der Waals surface area contributed by atoms with Crippen LogP contribution in [0.3, 0.4) is 0 Å². The Balaban J connectivity index is 0.945. The summed E-state index contributed by atoms with van der Waals surface area (Å²) < 4.78 is 0. The normalized spacial score (nSPS) is 15.5. The fourth-order valence-corrected chi connectivity index (χ4v) is 15.9. The topological polar surface area (TPSA) is 6.48 Å². The summed E-state index contributed by atoms with van der Waals surface area (Å²) in [6.45, 7) is 4.46. The third kappa shape index (κ3) is 8.67. The highest BCUT2D eigenvalue weighted by atomic mass is 15.1. The molecule has 0 bridgehead atoms. The number of anilines is 6. The molecule has 0 amide bonds. The van der Waals surface area contributed by atoms with Crippen LogP contribution in [0.2, 0.25) is 0 Å². The molecule has 408 valence electrons. The van der Waals surface area contributed by atoms with E-state index in [0.717, 1.165) is 12.8 Å². The summed E-state index contributed by atoms with van der Waals surface area (Å²) in [7, 11) is 0. The molecule has 0 saturated heterocycles. The van der Waals surface area contributed by atoms with Crippen LogP contribution < -0.4 is 9.80 Å². The number of rotatable bonds is 9. The molecular formula is C82H70N2.